The predicted octanol–water partition coefficient (Wildman–Crippen LogP) is 4.70. The average molecular weight is 499 g/mol. The molecule has 2 amide bonds. The molecule has 0 fully saturated rings. The molecule has 1 aromatic heterocycles. The summed E-state index contributed by atoms with van der Waals surface area (Å²) in [5.74, 6) is -2.33. The third-order valence-electron chi connectivity index (χ3n) is 5.10. The molecule has 34 heavy (non-hydrogen) atoms. The van der Waals surface area contributed by atoms with Crippen LogP contribution in [0.3, 0.4) is 0 Å². The number of alkyl halides is 3. The number of carbonyl (C=O) groups excluding carboxylic acids is 3. The van der Waals surface area contributed by atoms with E-state index in [0.717, 1.165) is 41.8 Å². The van der Waals surface area contributed by atoms with Gasteiger partial charge in [0.2, 0.25) is 5.91 Å². The van der Waals surface area contributed by atoms with Crippen molar-refractivity contribution in [3.8, 4) is 0 Å². The minimum absolute atomic E-state index is 0.140. The lowest BCUT2D eigenvalue weighted by molar-refractivity contribution is -0.385. The first-order valence-electron chi connectivity index (χ1n) is 10.2. The second-order valence-electron chi connectivity index (χ2n) is 7.62. The van der Waals surface area contributed by atoms with Gasteiger partial charge in [-0.3, -0.25) is 19.7 Å². The van der Waals surface area contributed by atoms with Crippen molar-refractivity contribution in [3.05, 3.63) is 49.9 Å². The number of thiophene rings is 1. The first kappa shape index (κ1) is 25.1. The third kappa shape index (κ3) is 5.53. The SMILES string of the molecule is CC(=O)Nc1sc2c(c1C(=O)OC(C)C(=O)Nc1ccc([N+](=O)[O-])cc1C(F)(F)F)CCCC2. The number of nitrogens with one attached hydrogen (secondary N) is 2. The molecule has 0 spiro atoms. The van der Waals surface area contributed by atoms with Crippen LogP contribution >= 0.6 is 11.3 Å². The molecule has 1 aromatic carbocycles. The normalized spacial score (nSPS) is 14.0. The van der Waals surface area contributed by atoms with Crippen LogP contribution in [0.15, 0.2) is 18.2 Å². The summed E-state index contributed by atoms with van der Waals surface area (Å²) in [4.78, 5) is 47.7. The van der Waals surface area contributed by atoms with Crippen molar-refractivity contribution in [1.29, 1.82) is 0 Å². The number of hydrogen-bond acceptors (Lipinski definition) is 7. The van der Waals surface area contributed by atoms with E-state index in [1.807, 2.05) is 5.32 Å². The van der Waals surface area contributed by atoms with Gasteiger partial charge in [-0.05, 0) is 44.2 Å². The number of amides is 2. The molecule has 0 saturated carbocycles. The lowest BCUT2D eigenvalue weighted by atomic mass is 9.95. The number of halogens is 3. The first-order valence-corrected chi connectivity index (χ1v) is 11.0. The van der Waals surface area contributed by atoms with Crippen LogP contribution in [0.2, 0.25) is 0 Å². The molecule has 0 saturated heterocycles. The van der Waals surface area contributed by atoms with Crippen LogP contribution in [-0.4, -0.2) is 28.8 Å². The summed E-state index contributed by atoms with van der Waals surface area (Å²) in [6.07, 6.45) is -3.38. The van der Waals surface area contributed by atoms with Crippen molar-refractivity contribution in [2.45, 2.75) is 51.8 Å². The zero-order valence-corrected chi connectivity index (χ0v) is 18.9. The topological polar surface area (TPSA) is 128 Å². The molecule has 1 atom stereocenters. The highest BCUT2D eigenvalue weighted by atomic mass is 32.1. The van der Waals surface area contributed by atoms with Crippen LogP contribution in [0, 0.1) is 10.1 Å². The fourth-order valence-electron chi connectivity index (χ4n) is 3.53. The Balaban J connectivity index is 1.81. The fraction of sp³-hybridized carbons (Fsp3) is 0.381. The van der Waals surface area contributed by atoms with Gasteiger partial charge < -0.3 is 15.4 Å². The molecule has 2 aromatic rings. The summed E-state index contributed by atoms with van der Waals surface area (Å²) < 4.78 is 45.3. The molecule has 1 unspecified atom stereocenters. The molecule has 1 aliphatic carbocycles. The van der Waals surface area contributed by atoms with Crippen LogP contribution < -0.4 is 10.6 Å². The number of rotatable bonds is 6. The Bertz CT molecular complexity index is 1160. The fourth-order valence-corrected chi connectivity index (χ4v) is 4.85. The minimum atomic E-state index is -4.97. The number of aryl methyl sites for hydroxylation is 1. The van der Waals surface area contributed by atoms with Crippen molar-refractivity contribution in [2.75, 3.05) is 10.6 Å². The van der Waals surface area contributed by atoms with E-state index >= 15 is 0 Å². The van der Waals surface area contributed by atoms with E-state index in [4.69, 9.17) is 4.74 Å². The largest absolute Gasteiger partial charge is 0.449 e. The van der Waals surface area contributed by atoms with Crippen molar-refractivity contribution in [3.63, 3.8) is 0 Å². The molecule has 9 nitrogen and oxygen atoms in total. The highest BCUT2D eigenvalue weighted by Crippen LogP contribution is 2.39. The summed E-state index contributed by atoms with van der Waals surface area (Å²) in [5, 5.41) is 15.7. The molecule has 0 aliphatic heterocycles. The van der Waals surface area contributed by atoms with Gasteiger partial charge in [-0.2, -0.15) is 13.2 Å². The van der Waals surface area contributed by atoms with Gasteiger partial charge in [0.05, 0.1) is 21.7 Å². The van der Waals surface area contributed by atoms with Gasteiger partial charge in [-0.1, -0.05) is 0 Å². The average Bonchev–Trinajstić information content (AvgIpc) is 3.10. The monoisotopic (exact) mass is 499 g/mol. The van der Waals surface area contributed by atoms with Crippen molar-refractivity contribution in [1.82, 2.24) is 0 Å². The molecule has 13 heteroatoms. The Labute approximate surface area is 195 Å². The second-order valence-corrected chi connectivity index (χ2v) is 8.72. The lowest BCUT2D eigenvalue weighted by Gasteiger charge is -2.18. The van der Waals surface area contributed by atoms with Gasteiger partial charge in [-0.25, -0.2) is 4.79 Å². The van der Waals surface area contributed by atoms with E-state index in [9.17, 15) is 37.7 Å². The van der Waals surface area contributed by atoms with E-state index in [0.29, 0.717) is 17.5 Å². The van der Waals surface area contributed by atoms with Crippen molar-refractivity contribution < 1.29 is 37.2 Å². The summed E-state index contributed by atoms with van der Waals surface area (Å²) in [6, 6.07) is 1.89. The van der Waals surface area contributed by atoms with E-state index in [1.165, 1.54) is 25.2 Å². The number of ether oxygens (including phenoxy) is 1. The van der Waals surface area contributed by atoms with Crippen LogP contribution in [0.4, 0.5) is 29.5 Å². The van der Waals surface area contributed by atoms with E-state index < -0.39 is 51.9 Å². The van der Waals surface area contributed by atoms with Crippen LogP contribution in [0.1, 0.15) is 53.1 Å². The lowest BCUT2D eigenvalue weighted by Crippen LogP contribution is -2.31. The molecule has 0 bridgehead atoms. The summed E-state index contributed by atoms with van der Waals surface area (Å²) >= 11 is 1.25. The molecule has 0 radical (unpaired) electrons. The molecule has 2 N–H and O–H groups in total. The molecule has 1 aliphatic rings. The van der Waals surface area contributed by atoms with Gasteiger partial charge in [0.15, 0.2) is 6.10 Å². The van der Waals surface area contributed by atoms with E-state index in [1.54, 1.807) is 0 Å². The number of carbonyl (C=O) groups is 3. The maximum Gasteiger partial charge on any atom is 0.418 e. The van der Waals surface area contributed by atoms with Gasteiger partial charge in [0.25, 0.3) is 11.6 Å². The van der Waals surface area contributed by atoms with Crippen LogP contribution in [0.25, 0.3) is 0 Å². The molecular formula is C21H20F3N3O6S. The first-order chi connectivity index (χ1) is 15.9. The Morgan fingerprint density at radius 3 is 2.47 bits per heavy atom. The number of benzene rings is 1. The maximum absolute atomic E-state index is 13.4. The van der Waals surface area contributed by atoms with E-state index in [-0.39, 0.29) is 5.56 Å². The number of fused-ring (bicyclic) bond motifs is 1. The Hall–Kier alpha value is -3.48. The van der Waals surface area contributed by atoms with Crippen LogP contribution in [-0.2, 0) is 33.3 Å². The molecule has 3 rings (SSSR count). The number of nitro groups is 1. The number of non-ortho nitro benzene ring substituents is 1. The van der Waals surface area contributed by atoms with Gasteiger partial charge in [0.1, 0.15) is 5.00 Å². The summed E-state index contributed by atoms with van der Waals surface area (Å²) in [5.41, 5.74) is -2.04. The number of esters is 1. The van der Waals surface area contributed by atoms with Gasteiger partial charge >= 0.3 is 12.1 Å². The predicted molar refractivity (Wildman–Crippen MR) is 117 cm³/mol. The Kier molecular flexibility index (Phi) is 7.24. The number of anilines is 2. The smallest absolute Gasteiger partial charge is 0.418 e. The van der Waals surface area contributed by atoms with Gasteiger partial charge in [-0.15, -0.1) is 11.3 Å². The quantitative estimate of drug-likeness (QED) is 0.337. The van der Waals surface area contributed by atoms with Gasteiger partial charge in [0, 0.05) is 23.9 Å². The van der Waals surface area contributed by atoms with Crippen molar-refractivity contribution >= 4 is 45.5 Å². The zero-order valence-electron chi connectivity index (χ0n) is 18.1. The second kappa shape index (κ2) is 9.79. The Morgan fingerprint density at radius 1 is 1.18 bits per heavy atom. The highest BCUT2D eigenvalue weighted by molar-refractivity contribution is 7.17. The van der Waals surface area contributed by atoms with Crippen molar-refractivity contribution in [2.24, 2.45) is 0 Å². The third-order valence-corrected chi connectivity index (χ3v) is 6.30. The molecular weight excluding hydrogens is 479 g/mol. The maximum atomic E-state index is 13.4. The zero-order chi connectivity index (χ0) is 25.2. The number of nitrogens with zero attached hydrogens (tertiary/aromatic N) is 1. The minimum Gasteiger partial charge on any atom is -0.449 e. The summed E-state index contributed by atoms with van der Waals surface area (Å²) in [7, 11) is 0. The molecule has 182 valence electrons. The Morgan fingerprint density at radius 2 is 1.85 bits per heavy atom. The van der Waals surface area contributed by atoms with E-state index in [2.05, 4.69) is 5.32 Å². The number of nitro benzene ring substituents is 1. The highest BCUT2D eigenvalue weighted by Gasteiger charge is 2.36. The summed E-state index contributed by atoms with van der Waals surface area (Å²) in [6.45, 7) is 2.47. The molecule has 1 heterocycles. The standard InChI is InChI=1S/C21H20F3N3O6S/c1-10(18(29)26-15-8-7-12(27(31)32)9-14(15)21(22,23)24)33-20(30)17-13-5-3-4-6-16(13)34-19(17)25-11(2)28/h7-10H,3-6H2,1-2H3,(H,25,28)(H,26,29). The van der Waals surface area contributed by atoms with Crippen LogP contribution in [0.5, 0.6) is 0 Å². The number of hydrogen-bond donors (Lipinski definition) is 2.